The molecule has 2 aromatic carbocycles. The van der Waals surface area contributed by atoms with Crippen LogP contribution in [0.3, 0.4) is 0 Å². The van der Waals surface area contributed by atoms with Gasteiger partial charge < -0.3 is 9.42 Å². The Morgan fingerprint density at radius 2 is 1.79 bits per heavy atom. The Morgan fingerprint density at radius 3 is 2.55 bits per heavy atom. The Labute approximate surface area is 197 Å². The van der Waals surface area contributed by atoms with E-state index in [-0.39, 0.29) is 5.56 Å². The second kappa shape index (κ2) is 10.8. The summed E-state index contributed by atoms with van der Waals surface area (Å²) >= 11 is 1.46. The molecular weight excluding hydrogens is 434 g/mol. The molecule has 4 aromatic rings. The molecule has 0 saturated carbocycles. The number of hydrogen-bond donors (Lipinski definition) is 0. The zero-order valence-electron chi connectivity index (χ0n) is 19.3. The number of nitrogens with zero attached hydrogens (tertiary/aromatic N) is 5. The van der Waals surface area contributed by atoms with Crippen molar-refractivity contribution >= 4 is 22.7 Å². The van der Waals surface area contributed by atoms with Crippen molar-refractivity contribution in [3.63, 3.8) is 0 Å². The number of rotatable bonds is 10. The number of para-hydroxylation sites is 1. The fourth-order valence-corrected chi connectivity index (χ4v) is 4.57. The smallest absolute Gasteiger partial charge is 0.262 e. The monoisotopic (exact) mass is 463 g/mol. The molecule has 0 spiro atoms. The third-order valence-corrected chi connectivity index (χ3v) is 6.65. The molecule has 2 heterocycles. The van der Waals surface area contributed by atoms with Gasteiger partial charge in [-0.1, -0.05) is 60.6 Å². The van der Waals surface area contributed by atoms with E-state index in [0.717, 1.165) is 31.6 Å². The molecule has 2 aromatic heterocycles. The third-order valence-electron chi connectivity index (χ3n) is 5.67. The van der Waals surface area contributed by atoms with E-state index < -0.39 is 0 Å². The highest BCUT2D eigenvalue weighted by atomic mass is 32.2. The molecule has 33 heavy (non-hydrogen) atoms. The number of thioether (sulfide) groups is 1. The Kier molecular flexibility index (Phi) is 7.57. The quantitative estimate of drug-likeness (QED) is 0.247. The van der Waals surface area contributed by atoms with Gasteiger partial charge in [0.1, 0.15) is 0 Å². The number of benzene rings is 2. The van der Waals surface area contributed by atoms with Crippen LogP contribution >= 0.6 is 11.8 Å². The van der Waals surface area contributed by atoms with Gasteiger partial charge in [-0.3, -0.25) is 9.36 Å². The van der Waals surface area contributed by atoms with E-state index in [4.69, 9.17) is 9.51 Å². The van der Waals surface area contributed by atoms with Gasteiger partial charge in [0.15, 0.2) is 11.0 Å². The van der Waals surface area contributed by atoms with Gasteiger partial charge in [-0.25, -0.2) is 4.98 Å². The summed E-state index contributed by atoms with van der Waals surface area (Å²) in [4.78, 5) is 24.9. The van der Waals surface area contributed by atoms with Gasteiger partial charge in [-0.15, -0.1) is 0 Å². The van der Waals surface area contributed by atoms with Crippen molar-refractivity contribution in [1.29, 1.82) is 0 Å². The average Bonchev–Trinajstić information content (AvgIpc) is 3.31. The van der Waals surface area contributed by atoms with Crippen LogP contribution in [0.15, 0.2) is 63.0 Å². The lowest BCUT2D eigenvalue weighted by molar-refractivity contribution is 0.290. The van der Waals surface area contributed by atoms with E-state index >= 15 is 0 Å². The van der Waals surface area contributed by atoms with Gasteiger partial charge in [-0.2, -0.15) is 4.98 Å². The minimum absolute atomic E-state index is 0.00361. The minimum Gasteiger partial charge on any atom is -0.334 e. The highest BCUT2D eigenvalue weighted by molar-refractivity contribution is 7.98. The first-order valence-electron chi connectivity index (χ1n) is 11.3. The summed E-state index contributed by atoms with van der Waals surface area (Å²) in [6.45, 7) is 9.93. The predicted octanol–water partition coefficient (Wildman–Crippen LogP) is 4.78. The van der Waals surface area contributed by atoms with Crippen LogP contribution in [0, 0.1) is 6.92 Å². The van der Waals surface area contributed by atoms with Gasteiger partial charge >= 0.3 is 0 Å². The fraction of sp³-hybridized carbons (Fsp3) is 0.360. The first-order chi connectivity index (χ1) is 16.1. The van der Waals surface area contributed by atoms with Crippen LogP contribution in [-0.2, 0) is 12.3 Å². The maximum Gasteiger partial charge on any atom is 0.262 e. The molecule has 0 aliphatic rings. The summed E-state index contributed by atoms with van der Waals surface area (Å²) in [5, 5.41) is 5.45. The van der Waals surface area contributed by atoms with Crippen LogP contribution in [0.5, 0.6) is 0 Å². The van der Waals surface area contributed by atoms with Crippen molar-refractivity contribution in [3.8, 4) is 11.5 Å². The molecule has 4 rings (SSSR count). The number of fused-ring (bicyclic) bond motifs is 1. The molecule has 0 unspecified atom stereocenters. The SMILES string of the molecule is CCN(CC)CCCn1c(SCc2noc(-c3ccc(C)cc3)n2)nc2ccccc2c1=O. The van der Waals surface area contributed by atoms with Crippen LogP contribution < -0.4 is 5.56 Å². The predicted molar refractivity (Wildman–Crippen MR) is 132 cm³/mol. The first kappa shape index (κ1) is 23.2. The molecule has 0 fully saturated rings. The number of aromatic nitrogens is 4. The molecule has 8 heteroatoms. The standard InChI is InChI=1S/C25H29N5O2S/c1-4-29(5-2)15-8-16-30-24(31)20-9-6-7-10-21(20)26-25(30)33-17-22-27-23(32-28-22)19-13-11-18(3)12-14-19/h6-7,9-14H,4-5,8,15-17H2,1-3H3. The van der Waals surface area contributed by atoms with Crippen LogP contribution in [0.1, 0.15) is 31.7 Å². The third kappa shape index (κ3) is 5.51. The lowest BCUT2D eigenvalue weighted by atomic mass is 10.1. The maximum absolute atomic E-state index is 13.2. The molecule has 0 aliphatic heterocycles. The summed E-state index contributed by atoms with van der Waals surface area (Å²) in [7, 11) is 0. The topological polar surface area (TPSA) is 77.1 Å². The van der Waals surface area contributed by atoms with Crippen molar-refractivity contribution in [3.05, 3.63) is 70.3 Å². The Hall–Kier alpha value is -2.97. The highest BCUT2D eigenvalue weighted by Gasteiger charge is 2.14. The van der Waals surface area contributed by atoms with Crippen molar-refractivity contribution in [1.82, 2.24) is 24.6 Å². The Bertz CT molecular complexity index is 1260. The van der Waals surface area contributed by atoms with Gasteiger partial charge in [0.25, 0.3) is 11.4 Å². The van der Waals surface area contributed by atoms with E-state index in [0.29, 0.717) is 40.1 Å². The molecule has 0 radical (unpaired) electrons. The Balaban J connectivity index is 1.55. The lowest BCUT2D eigenvalue weighted by Gasteiger charge is -2.19. The lowest BCUT2D eigenvalue weighted by Crippen LogP contribution is -2.28. The van der Waals surface area contributed by atoms with Crippen molar-refractivity contribution < 1.29 is 4.52 Å². The van der Waals surface area contributed by atoms with Gasteiger partial charge in [0, 0.05) is 12.1 Å². The largest absolute Gasteiger partial charge is 0.334 e. The van der Waals surface area contributed by atoms with E-state index in [1.165, 1.54) is 17.3 Å². The van der Waals surface area contributed by atoms with Crippen molar-refractivity contribution in [2.75, 3.05) is 19.6 Å². The molecule has 0 amide bonds. The van der Waals surface area contributed by atoms with Crippen LogP contribution in [0.2, 0.25) is 0 Å². The second-order valence-electron chi connectivity index (χ2n) is 7.92. The normalized spacial score (nSPS) is 11.5. The number of hydrogen-bond acceptors (Lipinski definition) is 7. The van der Waals surface area contributed by atoms with Crippen LogP contribution in [-0.4, -0.2) is 44.2 Å². The summed E-state index contributed by atoms with van der Waals surface area (Å²) < 4.78 is 7.24. The number of aryl methyl sites for hydroxylation is 1. The molecule has 0 bridgehead atoms. The van der Waals surface area contributed by atoms with Crippen molar-refractivity contribution in [2.24, 2.45) is 0 Å². The van der Waals surface area contributed by atoms with E-state index in [9.17, 15) is 4.79 Å². The highest BCUT2D eigenvalue weighted by Crippen LogP contribution is 2.23. The summed E-state index contributed by atoms with van der Waals surface area (Å²) in [6.07, 6.45) is 0.884. The first-order valence-corrected chi connectivity index (χ1v) is 12.3. The minimum atomic E-state index is -0.00361. The Morgan fingerprint density at radius 1 is 1.03 bits per heavy atom. The van der Waals surface area contributed by atoms with Gasteiger partial charge in [0.2, 0.25) is 0 Å². The van der Waals surface area contributed by atoms with Crippen molar-refractivity contribution in [2.45, 2.75) is 44.6 Å². The second-order valence-corrected chi connectivity index (χ2v) is 8.86. The molecule has 0 N–H and O–H groups in total. The fourth-order valence-electron chi connectivity index (χ4n) is 3.70. The molecule has 0 saturated heterocycles. The van der Waals surface area contributed by atoms with Crippen LogP contribution in [0.4, 0.5) is 0 Å². The van der Waals surface area contributed by atoms with E-state index in [1.54, 1.807) is 4.57 Å². The molecular formula is C25H29N5O2S. The summed E-state index contributed by atoms with van der Waals surface area (Å²) in [5.41, 5.74) is 2.77. The van der Waals surface area contributed by atoms with E-state index in [1.807, 2.05) is 55.5 Å². The zero-order valence-corrected chi connectivity index (χ0v) is 20.1. The molecule has 172 valence electrons. The maximum atomic E-state index is 13.2. The summed E-state index contributed by atoms with van der Waals surface area (Å²) in [6, 6.07) is 15.5. The zero-order chi connectivity index (χ0) is 23.2. The van der Waals surface area contributed by atoms with Crippen LogP contribution in [0.25, 0.3) is 22.4 Å². The average molecular weight is 464 g/mol. The summed E-state index contributed by atoms with van der Waals surface area (Å²) in [5.74, 6) is 1.54. The molecule has 7 nitrogen and oxygen atoms in total. The molecule has 0 atom stereocenters. The van der Waals surface area contributed by atoms with Gasteiger partial charge in [0.05, 0.1) is 16.7 Å². The van der Waals surface area contributed by atoms with Gasteiger partial charge in [-0.05, 0) is 57.2 Å². The van der Waals surface area contributed by atoms with E-state index in [2.05, 4.69) is 28.9 Å². The molecule has 0 aliphatic carbocycles.